The third-order valence-corrected chi connectivity index (χ3v) is 4.08. The first kappa shape index (κ1) is 15.9. The summed E-state index contributed by atoms with van der Waals surface area (Å²) < 4.78 is 18.0. The Bertz CT molecular complexity index is 725. The number of Topliss-reactive ketones (excluding diaryl/α,β-unsaturated/α-hetero) is 1. The van der Waals surface area contributed by atoms with Crippen LogP contribution in [0.15, 0.2) is 40.9 Å². The molecule has 2 aromatic carbocycles. The highest BCUT2D eigenvalue weighted by Crippen LogP contribution is 2.44. The van der Waals surface area contributed by atoms with E-state index in [1.165, 1.54) is 0 Å². The van der Waals surface area contributed by atoms with Gasteiger partial charge in [0.05, 0.1) is 13.2 Å². The van der Waals surface area contributed by atoms with Gasteiger partial charge >= 0.3 is 0 Å². The first-order chi connectivity index (χ1) is 11.1. The van der Waals surface area contributed by atoms with Crippen LogP contribution in [0.2, 0.25) is 0 Å². The van der Waals surface area contributed by atoms with Gasteiger partial charge in [-0.25, -0.2) is 0 Å². The fourth-order valence-electron chi connectivity index (χ4n) is 2.59. The summed E-state index contributed by atoms with van der Waals surface area (Å²) in [5.74, 6) is 1.57. The van der Waals surface area contributed by atoms with Crippen LogP contribution in [0.5, 0.6) is 17.2 Å². The molecule has 0 saturated heterocycles. The van der Waals surface area contributed by atoms with Crippen molar-refractivity contribution in [3.05, 3.63) is 52.0 Å². The zero-order valence-corrected chi connectivity index (χ0v) is 14.6. The Kier molecular flexibility index (Phi) is 4.57. The van der Waals surface area contributed by atoms with Gasteiger partial charge in [-0.3, -0.25) is 4.79 Å². The standard InChI is InChI=1S/C18H17BrO4/c1-3-21-13-9-14(22-4-2)16-15(10-13)23-18(17(16)20)11-5-7-12(19)8-6-11/h5-10,18H,3-4H2,1-2H3/t18-/m1/s1. The number of ketones is 1. The topological polar surface area (TPSA) is 44.8 Å². The van der Waals surface area contributed by atoms with E-state index in [2.05, 4.69) is 15.9 Å². The Balaban J connectivity index is 2.00. The number of carbonyl (C=O) groups excluding carboxylic acids is 1. The van der Waals surface area contributed by atoms with Crippen molar-refractivity contribution in [2.45, 2.75) is 20.0 Å². The third kappa shape index (κ3) is 3.06. The largest absolute Gasteiger partial charge is 0.494 e. The molecule has 0 N–H and O–H groups in total. The van der Waals surface area contributed by atoms with E-state index in [4.69, 9.17) is 14.2 Å². The van der Waals surface area contributed by atoms with Crippen LogP contribution in [0.3, 0.4) is 0 Å². The molecule has 1 heterocycles. The molecule has 3 rings (SSSR count). The molecule has 4 nitrogen and oxygen atoms in total. The van der Waals surface area contributed by atoms with Crippen LogP contribution in [-0.4, -0.2) is 19.0 Å². The minimum absolute atomic E-state index is 0.0891. The quantitative estimate of drug-likeness (QED) is 0.766. The van der Waals surface area contributed by atoms with Crippen LogP contribution in [0.4, 0.5) is 0 Å². The number of halogens is 1. The summed E-state index contributed by atoms with van der Waals surface area (Å²) in [7, 11) is 0. The summed E-state index contributed by atoms with van der Waals surface area (Å²) >= 11 is 3.39. The third-order valence-electron chi connectivity index (χ3n) is 3.55. The monoisotopic (exact) mass is 376 g/mol. The molecule has 0 aliphatic carbocycles. The van der Waals surface area contributed by atoms with Crippen molar-refractivity contribution in [1.29, 1.82) is 0 Å². The van der Waals surface area contributed by atoms with Gasteiger partial charge in [-0.1, -0.05) is 28.1 Å². The summed E-state index contributed by atoms with van der Waals surface area (Å²) in [6, 6.07) is 11.0. The Morgan fingerprint density at radius 2 is 1.78 bits per heavy atom. The van der Waals surface area contributed by atoms with Crippen LogP contribution >= 0.6 is 15.9 Å². The van der Waals surface area contributed by atoms with Crippen LogP contribution in [0, 0.1) is 0 Å². The number of ether oxygens (including phenoxy) is 3. The van der Waals surface area contributed by atoms with Gasteiger partial charge in [0.2, 0.25) is 5.78 Å². The molecule has 2 aromatic rings. The van der Waals surface area contributed by atoms with Gasteiger partial charge < -0.3 is 14.2 Å². The lowest BCUT2D eigenvalue weighted by molar-refractivity contribution is 0.0856. The van der Waals surface area contributed by atoms with E-state index < -0.39 is 6.10 Å². The highest BCUT2D eigenvalue weighted by atomic mass is 79.9. The van der Waals surface area contributed by atoms with Gasteiger partial charge in [-0.05, 0) is 26.0 Å². The number of hydrogen-bond acceptors (Lipinski definition) is 4. The van der Waals surface area contributed by atoms with Crippen molar-refractivity contribution < 1.29 is 19.0 Å². The Morgan fingerprint density at radius 1 is 1.09 bits per heavy atom. The van der Waals surface area contributed by atoms with Crippen LogP contribution in [-0.2, 0) is 0 Å². The van der Waals surface area contributed by atoms with Gasteiger partial charge in [0.1, 0.15) is 22.8 Å². The molecule has 0 amide bonds. The highest BCUT2D eigenvalue weighted by molar-refractivity contribution is 9.10. The second kappa shape index (κ2) is 6.62. The van der Waals surface area contributed by atoms with Gasteiger partial charge in [-0.2, -0.15) is 0 Å². The summed E-state index contributed by atoms with van der Waals surface area (Å²) in [6.07, 6.45) is -0.644. The Morgan fingerprint density at radius 3 is 2.43 bits per heavy atom. The van der Waals surface area contributed by atoms with Crippen LogP contribution in [0.1, 0.15) is 35.9 Å². The average molecular weight is 377 g/mol. The van der Waals surface area contributed by atoms with E-state index in [1.54, 1.807) is 12.1 Å². The molecule has 1 aliphatic heterocycles. The fraction of sp³-hybridized carbons (Fsp3) is 0.278. The van der Waals surface area contributed by atoms with Crippen LogP contribution in [0.25, 0.3) is 0 Å². The molecule has 1 atom stereocenters. The molecule has 0 radical (unpaired) electrons. The number of hydrogen-bond donors (Lipinski definition) is 0. The average Bonchev–Trinajstić information content (AvgIpc) is 2.86. The molecule has 0 spiro atoms. The second-order valence-corrected chi connectivity index (χ2v) is 5.99. The molecule has 0 saturated carbocycles. The van der Waals surface area contributed by atoms with E-state index in [0.717, 1.165) is 10.0 Å². The molecular formula is C18H17BrO4. The molecule has 0 unspecified atom stereocenters. The van der Waals surface area contributed by atoms with E-state index in [9.17, 15) is 4.79 Å². The normalized spacial score (nSPS) is 16.0. The zero-order chi connectivity index (χ0) is 16.4. The second-order valence-electron chi connectivity index (χ2n) is 5.07. The maximum atomic E-state index is 12.8. The molecule has 5 heteroatoms. The molecule has 120 valence electrons. The molecule has 0 fully saturated rings. The molecule has 1 aliphatic rings. The van der Waals surface area contributed by atoms with Gasteiger partial charge in [0.25, 0.3) is 0 Å². The first-order valence-corrected chi connectivity index (χ1v) is 8.33. The number of carbonyl (C=O) groups is 1. The highest BCUT2D eigenvalue weighted by Gasteiger charge is 2.37. The van der Waals surface area contributed by atoms with E-state index in [1.807, 2.05) is 38.1 Å². The van der Waals surface area contributed by atoms with E-state index in [0.29, 0.717) is 36.0 Å². The molecule has 0 aromatic heterocycles. The predicted molar refractivity (Wildman–Crippen MR) is 90.6 cm³/mol. The molecule has 23 heavy (non-hydrogen) atoms. The van der Waals surface area contributed by atoms with Crippen molar-refractivity contribution in [2.24, 2.45) is 0 Å². The minimum Gasteiger partial charge on any atom is -0.494 e. The SMILES string of the molecule is CCOc1cc(OCC)c2c(c1)O[C@H](c1ccc(Br)cc1)C2=O. The summed E-state index contributed by atoms with van der Waals surface area (Å²) in [5, 5.41) is 0. The van der Waals surface area contributed by atoms with E-state index >= 15 is 0 Å². The smallest absolute Gasteiger partial charge is 0.215 e. The Hall–Kier alpha value is -2.01. The van der Waals surface area contributed by atoms with Crippen molar-refractivity contribution >= 4 is 21.7 Å². The summed E-state index contributed by atoms with van der Waals surface area (Å²) in [6.45, 7) is 4.79. The van der Waals surface area contributed by atoms with Gasteiger partial charge in [0.15, 0.2) is 6.10 Å². The maximum Gasteiger partial charge on any atom is 0.215 e. The zero-order valence-electron chi connectivity index (χ0n) is 13.0. The lowest BCUT2D eigenvalue weighted by Gasteiger charge is -2.10. The maximum absolute atomic E-state index is 12.8. The lowest BCUT2D eigenvalue weighted by atomic mass is 10.0. The van der Waals surface area contributed by atoms with Crippen LogP contribution < -0.4 is 14.2 Å². The first-order valence-electron chi connectivity index (χ1n) is 7.54. The van der Waals surface area contributed by atoms with E-state index in [-0.39, 0.29) is 5.78 Å². The number of benzene rings is 2. The molecule has 0 bridgehead atoms. The summed E-state index contributed by atoms with van der Waals surface area (Å²) in [4.78, 5) is 12.8. The lowest BCUT2D eigenvalue weighted by Crippen LogP contribution is -2.11. The Labute approximate surface area is 143 Å². The van der Waals surface area contributed by atoms with Gasteiger partial charge in [0, 0.05) is 22.2 Å². The number of rotatable bonds is 5. The minimum atomic E-state index is -0.644. The number of fused-ring (bicyclic) bond motifs is 1. The predicted octanol–water partition coefficient (Wildman–Crippen LogP) is 4.56. The van der Waals surface area contributed by atoms with Gasteiger partial charge in [-0.15, -0.1) is 0 Å². The molecular weight excluding hydrogens is 360 g/mol. The summed E-state index contributed by atoms with van der Waals surface area (Å²) in [5.41, 5.74) is 1.30. The van der Waals surface area contributed by atoms with Crippen molar-refractivity contribution in [3.63, 3.8) is 0 Å². The van der Waals surface area contributed by atoms with Crippen molar-refractivity contribution in [1.82, 2.24) is 0 Å². The van der Waals surface area contributed by atoms with Crippen molar-refractivity contribution in [2.75, 3.05) is 13.2 Å². The fourth-order valence-corrected chi connectivity index (χ4v) is 2.85. The van der Waals surface area contributed by atoms with Crippen molar-refractivity contribution in [3.8, 4) is 17.2 Å².